The molecule has 1 aliphatic carbocycles. The molecule has 0 spiro atoms. The second-order valence-electron chi connectivity index (χ2n) is 5.50. The normalized spacial score (nSPS) is 16.7. The molecule has 0 aromatic carbocycles. The Morgan fingerprint density at radius 1 is 1.32 bits per heavy atom. The maximum absolute atomic E-state index is 12.1. The number of unbranched alkanes of at least 4 members (excludes halogenated alkanes) is 2. The smallest absolute Gasteiger partial charge is 0.257 e. The summed E-state index contributed by atoms with van der Waals surface area (Å²) in [5.74, 6) is 1.02. The molecule has 19 heavy (non-hydrogen) atoms. The molecule has 1 aliphatic rings. The van der Waals surface area contributed by atoms with Crippen molar-refractivity contribution in [3.05, 3.63) is 22.2 Å². The van der Waals surface area contributed by atoms with Crippen molar-refractivity contribution in [1.82, 2.24) is 9.55 Å². The highest BCUT2D eigenvalue weighted by Crippen LogP contribution is 2.31. The van der Waals surface area contributed by atoms with E-state index < -0.39 is 0 Å². The van der Waals surface area contributed by atoms with Gasteiger partial charge in [0.05, 0.1) is 6.07 Å². The second-order valence-corrected chi connectivity index (χ2v) is 5.50. The van der Waals surface area contributed by atoms with Crippen LogP contribution in [0.15, 0.2) is 10.9 Å². The molecule has 0 atom stereocenters. The molecular weight excluding hydrogens is 240 g/mol. The molecule has 106 valence electrons. The van der Waals surface area contributed by atoms with E-state index in [1.165, 1.54) is 25.3 Å². The largest absolute Gasteiger partial charge is 0.493 e. The van der Waals surface area contributed by atoms with Gasteiger partial charge in [0.25, 0.3) is 5.56 Å². The summed E-state index contributed by atoms with van der Waals surface area (Å²) in [7, 11) is 0. The maximum atomic E-state index is 12.1. The van der Waals surface area contributed by atoms with Crippen LogP contribution in [-0.2, 0) is 6.54 Å². The summed E-state index contributed by atoms with van der Waals surface area (Å²) < 4.78 is 1.78. The highest BCUT2D eigenvalue weighted by molar-refractivity contribution is 5.12. The minimum absolute atomic E-state index is 0.107. The Hall–Kier alpha value is -1.32. The third-order valence-electron chi connectivity index (χ3n) is 3.98. The predicted octanol–water partition coefficient (Wildman–Crippen LogP) is 3.19. The Kier molecular flexibility index (Phi) is 5.00. The summed E-state index contributed by atoms with van der Waals surface area (Å²) in [6, 6.07) is 1.23. The van der Waals surface area contributed by atoms with Crippen LogP contribution in [-0.4, -0.2) is 14.7 Å². The van der Waals surface area contributed by atoms with Crippen LogP contribution in [0.2, 0.25) is 0 Å². The summed E-state index contributed by atoms with van der Waals surface area (Å²) in [6.45, 7) is 2.88. The van der Waals surface area contributed by atoms with Crippen LogP contribution in [0.25, 0.3) is 0 Å². The van der Waals surface area contributed by atoms with Crippen molar-refractivity contribution in [3.8, 4) is 5.88 Å². The van der Waals surface area contributed by atoms with Crippen molar-refractivity contribution < 1.29 is 5.11 Å². The molecule has 1 saturated carbocycles. The van der Waals surface area contributed by atoms with Crippen molar-refractivity contribution in [2.75, 3.05) is 0 Å². The highest BCUT2D eigenvalue weighted by Gasteiger charge is 2.21. The van der Waals surface area contributed by atoms with E-state index in [1.807, 2.05) is 0 Å². The van der Waals surface area contributed by atoms with Gasteiger partial charge in [-0.2, -0.15) is 4.98 Å². The fourth-order valence-electron chi connectivity index (χ4n) is 2.93. The average Bonchev–Trinajstić information content (AvgIpc) is 2.42. The minimum Gasteiger partial charge on any atom is -0.493 e. The molecule has 0 saturated heterocycles. The number of aromatic hydroxyl groups is 1. The lowest BCUT2D eigenvalue weighted by Crippen LogP contribution is -2.27. The highest BCUT2D eigenvalue weighted by atomic mass is 16.3. The molecule has 1 aromatic heterocycles. The van der Waals surface area contributed by atoms with Crippen molar-refractivity contribution in [2.45, 2.75) is 70.8 Å². The van der Waals surface area contributed by atoms with Gasteiger partial charge in [-0.25, -0.2) is 0 Å². The third-order valence-corrected chi connectivity index (χ3v) is 3.98. The van der Waals surface area contributed by atoms with Crippen LogP contribution < -0.4 is 5.56 Å². The predicted molar refractivity (Wildman–Crippen MR) is 75.5 cm³/mol. The summed E-state index contributed by atoms with van der Waals surface area (Å²) in [4.78, 5) is 16.3. The van der Waals surface area contributed by atoms with Gasteiger partial charge in [0, 0.05) is 12.5 Å². The van der Waals surface area contributed by atoms with Gasteiger partial charge in [0.1, 0.15) is 5.82 Å². The van der Waals surface area contributed by atoms with Crippen LogP contribution in [0.1, 0.15) is 70.0 Å². The second kappa shape index (κ2) is 6.73. The molecule has 1 heterocycles. The van der Waals surface area contributed by atoms with E-state index in [-0.39, 0.29) is 11.4 Å². The standard InChI is InChI=1S/C15H24N2O2/c1-2-3-7-10-17-14(19)11-13(18)16-15(17)12-8-5-4-6-9-12/h11-12,18H,2-10H2,1H3. The number of hydrogen-bond acceptors (Lipinski definition) is 3. The van der Waals surface area contributed by atoms with Crippen LogP contribution in [0.4, 0.5) is 0 Å². The Morgan fingerprint density at radius 3 is 2.74 bits per heavy atom. The fraction of sp³-hybridized carbons (Fsp3) is 0.733. The van der Waals surface area contributed by atoms with E-state index in [2.05, 4.69) is 11.9 Å². The van der Waals surface area contributed by atoms with Crippen molar-refractivity contribution in [2.24, 2.45) is 0 Å². The third kappa shape index (κ3) is 3.58. The molecule has 1 fully saturated rings. The van der Waals surface area contributed by atoms with Gasteiger partial charge >= 0.3 is 0 Å². The number of rotatable bonds is 5. The number of nitrogens with zero attached hydrogens (tertiary/aromatic N) is 2. The lowest BCUT2D eigenvalue weighted by Gasteiger charge is -2.24. The van der Waals surface area contributed by atoms with Gasteiger partial charge < -0.3 is 5.11 Å². The van der Waals surface area contributed by atoms with Gasteiger partial charge in [0.15, 0.2) is 0 Å². The van der Waals surface area contributed by atoms with E-state index in [4.69, 9.17) is 0 Å². The maximum Gasteiger partial charge on any atom is 0.257 e. The summed E-state index contributed by atoms with van der Waals surface area (Å²) in [6.07, 6.45) is 9.11. The molecule has 1 aromatic rings. The quantitative estimate of drug-likeness (QED) is 0.831. The lowest BCUT2D eigenvalue weighted by molar-refractivity contribution is 0.385. The Morgan fingerprint density at radius 2 is 2.05 bits per heavy atom. The topological polar surface area (TPSA) is 55.1 Å². The molecule has 0 unspecified atom stereocenters. The van der Waals surface area contributed by atoms with E-state index in [0.717, 1.165) is 44.5 Å². The van der Waals surface area contributed by atoms with Gasteiger partial charge in [-0.3, -0.25) is 9.36 Å². The Bertz CT molecular complexity index is 462. The monoisotopic (exact) mass is 264 g/mol. The summed E-state index contributed by atoms with van der Waals surface area (Å²) >= 11 is 0. The summed E-state index contributed by atoms with van der Waals surface area (Å²) in [5, 5.41) is 9.60. The SMILES string of the molecule is CCCCCn1c(C2CCCCC2)nc(O)cc1=O. The Labute approximate surface area is 114 Å². The molecule has 2 rings (SSSR count). The van der Waals surface area contributed by atoms with Crippen LogP contribution >= 0.6 is 0 Å². The van der Waals surface area contributed by atoms with Crippen molar-refractivity contribution in [3.63, 3.8) is 0 Å². The molecule has 1 N–H and O–H groups in total. The minimum atomic E-state index is -0.127. The molecular formula is C15H24N2O2. The molecule has 0 radical (unpaired) electrons. The summed E-state index contributed by atoms with van der Waals surface area (Å²) in [5.41, 5.74) is -0.107. The fourth-order valence-corrected chi connectivity index (χ4v) is 2.93. The molecule has 4 heteroatoms. The van der Waals surface area contributed by atoms with Gasteiger partial charge in [-0.05, 0) is 19.3 Å². The first kappa shape index (κ1) is 14.1. The first-order valence-electron chi connectivity index (χ1n) is 7.53. The van der Waals surface area contributed by atoms with Crippen LogP contribution in [0.5, 0.6) is 5.88 Å². The average molecular weight is 264 g/mol. The van der Waals surface area contributed by atoms with Crippen LogP contribution in [0, 0.1) is 0 Å². The zero-order valence-corrected chi connectivity index (χ0v) is 11.8. The van der Waals surface area contributed by atoms with Crippen molar-refractivity contribution >= 4 is 0 Å². The van der Waals surface area contributed by atoms with E-state index in [9.17, 15) is 9.90 Å². The first-order chi connectivity index (χ1) is 9.22. The van der Waals surface area contributed by atoms with Crippen molar-refractivity contribution in [1.29, 1.82) is 0 Å². The number of hydrogen-bond donors (Lipinski definition) is 1. The molecule has 0 bridgehead atoms. The molecule has 0 amide bonds. The number of aromatic nitrogens is 2. The van der Waals surface area contributed by atoms with Gasteiger partial charge in [0.2, 0.25) is 5.88 Å². The van der Waals surface area contributed by atoms with E-state index >= 15 is 0 Å². The van der Waals surface area contributed by atoms with E-state index in [0.29, 0.717) is 5.92 Å². The first-order valence-corrected chi connectivity index (χ1v) is 7.53. The zero-order valence-electron chi connectivity index (χ0n) is 11.8. The lowest BCUT2D eigenvalue weighted by atomic mass is 9.88. The van der Waals surface area contributed by atoms with Crippen LogP contribution in [0.3, 0.4) is 0 Å². The zero-order chi connectivity index (χ0) is 13.7. The van der Waals surface area contributed by atoms with Gasteiger partial charge in [-0.1, -0.05) is 39.0 Å². The molecule has 4 nitrogen and oxygen atoms in total. The molecule has 0 aliphatic heterocycles. The van der Waals surface area contributed by atoms with Gasteiger partial charge in [-0.15, -0.1) is 0 Å². The Balaban J connectivity index is 2.25. The van der Waals surface area contributed by atoms with E-state index in [1.54, 1.807) is 4.57 Å².